The molecule has 21 heavy (non-hydrogen) atoms. The first-order chi connectivity index (χ1) is 9.73. The van der Waals surface area contributed by atoms with Crippen LogP contribution in [0.2, 0.25) is 0 Å². The molecule has 0 aromatic carbocycles. The van der Waals surface area contributed by atoms with Crippen LogP contribution in [0.1, 0.15) is 67.2 Å². The van der Waals surface area contributed by atoms with Crippen molar-refractivity contribution in [3.63, 3.8) is 0 Å². The van der Waals surface area contributed by atoms with E-state index in [1.165, 1.54) is 5.57 Å². The number of hydrogen-bond acceptors (Lipinski definition) is 3. The molecule has 0 saturated carbocycles. The molecule has 3 heteroatoms. The topological polar surface area (TPSA) is 46.5 Å². The summed E-state index contributed by atoms with van der Waals surface area (Å²) in [7, 11) is 0. The van der Waals surface area contributed by atoms with E-state index in [9.17, 15) is 9.90 Å². The molecule has 0 aromatic rings. The van der Waals surface area contributed by atoms with E-state index < -0.39 is 5.60 Å². The Bertz CT molecular complexity index is 316. The average Bonchev–Trinajstić information content (AvgIpc) is 2.46. The van der Waals surface area contributed by atoms with Crippen LogP contribution in [0.3, 0.4) is 0 Å². The first-order valence-corrected chi connectivity index (χ1v) is 7.92. The normalized spacial score (nSPS) is 15.3. The van der Waals surface area contributed by atoms with Crippen LogP contribution in [-0.4, -0.2) is 23.3 Å². The van der Waals surface area contributed by atoms with Crippen molar-refractivity contribution < 1.29 is 14.6 Å². The van der Waals surface area contributed by atoms with Gasteiger partial charge in [0.25, 0.3) is 0 Å². The second-order valence-corrected chi connectivity index (χ2v) is 5.57. The second-order valence-electron chi connectivity index (χ2n) is 5.57. The van der Waals surface area contributed by atoms with Crippen molar-refractivity contribution in [3.8, 4) is 0 Å². The summed E-state index contributed by atoms with van der Waals surface area (Å²) in [6.07, 6.45) is 7.42. The van der Waals surface area contributed by atoms with Gasteiger partial charge < -0.3 is 9.84 Å². The molecule has 3 nitrogen and oxygen atoms in total. The fraction of sp³-hybridized carbons (Fsp3) is 0.722. The van der Waals surface area contributed by atoms with E-state index >= 15 is 0 Å². The summed E-state index contributed by atoms with van der Waals surface area (Å²) in [5.74, 6) is -0.0232. The fourth-order valence-corrected chi connectivity index (χ4v) is 1.31. The Hall–Kier alpha value is -1.09. The predicted molar refractivity (Wildman–Crippen MR) is 90.2 cm³/mol. The molecule has 124 valence electrons. The van der Waals surface area contributed by atoms with Gasteiger partial charge in [-0.05, 0) is 46.5 Å². The molecule has 0 aliphatic heterocycles. The lowest BCUT2D eigenvalue weighted by molar-refractivity contribution is -0.147. The highest BCUT2D eigenvalue weighted by molar-refractivity contribution is 5.71. The van der Waals surface area contributed by atoms with Gasteiger partial charge >= 0.3 is 5.97 Å². The molecule has 0 radical (unpaired) electrons. The Labute approximate surface area is 131 Å². The first kappa shape index (κ1) is 22.2. The van der Waals surface area contributed by atoms with E-state index in [0.29, 0.717) is 6.61 Å². The third-order valence-electron chi connectivity index (χ3n) is 3.44. The van der Waals surface area contributed by atoms with Crippen molar-refractivity contribution in [1.82, 2.24) is 0 Å². The number of carbonyl (C=O) groups excluding carboxylic acids is 1. The minimum absolute atomic E-state index is 0.0601. The molecule has 0 bridgehead atoms. The van der Waals surface area contributed by atoms with Crippen LogP contribution in [0.25, 0.3) is 0 Å². The Balaban J connectivity index is 0. The van der Waals surface area contributed by atoms with Crippen LogP contribution in [0.5, 0.6) is 0 Å². The number of carbonyl (C=O) groups is 1. The Morgan fingerprint density at radius 2 is 1.95 bits per heavy atom. The van der Waals surface area contributed by atoms with Gasteiger partial charge in [0.1, 0.15) is 0 Å². The molecule has 0 fully saturated rings. The standard InChI is InChI=1S/C11H20O.C7H14O2/c1-5-10(3)8-7-9-11(4,12)6-2;1-4-6(3)7(8)9-5-2/h6,8,12H,2,5,7,9H2,1,3-4H3;6H,4-5H2,1-3H3/b10-8+;. The number of rotatable bonds is 8. The number of ether oxygens (including phenoxy) is 1. The molecule has 0 heterocycles. The maximum atomic E-state index is 10.8. The Kier molecular flexibility index (Phi) is 13.4. The lowest BCUT2D eigenvalue weighted by atomic mass is 9.99. The van der Waals surface area contributed by atoms with Crippen LogP contribution < -0.4 is 0 Å². The van der Waals surface area contributed by atoms with Gasteiger partial charge in [0.05, 0.1) is 18.1 Å². The van der Waals surface area contributed by atoms with E-state index in [4.69, 9.17) is 4.74 Å². The fourth-order valence-electron chi connectivity index (χ4n) is 1.31. The van der Waals surface area contributed by atoms with Crippen LogP contribution in [0, 0.1) is 5.92 Å². The highest BCUT2D eigenvalue weighted by Crippen LogP contribution is 2.14. The minimum atomic E-state index is -0.704. The molecule has 0 rings (SSSR count). The lowest BCUT2D eigenvalue weighted by Gasteiger charge is -2.16. The number of esters is 1. The number of allylic oxidation sites excluding steroid dienone is 2. The van der Waals surface area contributed by atoms with E-state index in [-0.39, 0.29) is 11.9 Å². The SMILES string of the molecule is C=CC(C)(O)CC/C=C(\C)CC.CCOC(=O)C(C)CC. The van der Waals surface area contributed by atoms with Crippen molar-refractivity contribution in [2.45, 2.75) is 72.8 Å². The second kappa shape index (κ2) is 12.6. The molecular weight excluding hydrogens is 264 g/mol. The molecule has 0 amide bonds. The highest BCUT2D eigenvalue weighted by atomic mass is 16.5. The van der Waals surface area contributed by atoms with E-state index in [1.54, 1.807) is 13.0 Å². The summed E-state index contributed by atoms with van der Waals surface area (Å²) >= 11 is 0. The highest BCUT2D eigenvalue weighted by Gasteiger charge is 2.13. The quantitative estimate of drug-likeness (QED) is 0.524. The smallest absolute Gasteiger partial charge is 0.308 e. The van der Waals surface area contributed by atoms with Crippen molar-refractivity contribution in [2.75, 3.05) is 6.61 Å². The minimum Gasteiger partial charge on any atom is -0.466 e. The summed E-state index contributed by atoms with van der Waals surface area (Å²) < 4.78 is 4.76. The summed E-state index contributed by atoms with van der Waals surface area (Å²) in [5.41, 5.74) is 0.680. The first-order valence-electron chi connectivity index (χ1n) is 7.92. The molecule has 0 aliphatic carbocycles. The maximum Gasteiger partial charge on any atom is 0.308 e. The zero-order chi connectivity index (χ0) is 16.9. The Morgan fingerprint density at radius 1 is 1.38 bits per heavy atom. The third-order valence-corrected chi connectivity index (χ3v) is 3.44. The van der Waals surface area contributed by atoms with Gasteiger partial charge in [-0.1, -0.05) is 38.5 Å². The number of hydrogen-bond donors (Lipinski definition) is 1. The molecule has 1 N–H and O–H groups in total. The molecular formula is C18H34O3. The van der Waals surface area contributed by atoms with Gasteiger partial charge in [-0.2, -0.15) is 0 Å². The van der Waals surface area contributed by atoms with Gasteiger partial charge in [0.15, 0.2) is 0 Å². The van der Waals surface area contributed by atoms with E-state index in [1.807, 2.05) is 20.8 Å². The summed E-state index contributed by atoms with van der Waals surface area (Å²) in [6, 6.07) is 0. The van der Waals surface area contributed by atoms with Crippen LogP contribution in [-0.2, 0) is 9.53 Å². The molecule has 2 atom stereocenters. The van der Waals surface area contributed by atoms with Crippen molar-refractivity contribution in [3.05, 3.63) is 24.3 Å². The molecule has 0 saturated heterocycles. The predicted octanol–water partition coefficient (Wildman–Crippen LogP) is 4.66. The molecule has 0 aromatic heterocycles. The summed E-state index contributed by atoms with van der Waals surface area (Å²) in [4.78, 5) is 10.8. The summed E-state index contributed by atoms with van der Waals surface area (Å²) in [6.45, 7) is 15.8. The Morgan fingerprint density at radius 3 is 2.33 bits per heavy atom. The monoisotopic (exact) mass is 298 g/mol. The van der Waals surface area contributed by atoms with Gasteiger partial charge in [-0.15, -0.1) is 6.58 Å². The van der Waals surface area contributed by atoms with Gasteiger partial charge in [-0.3, -0.25) is 4.79 Å². The third kappa shape index (κ3) is 13.6. The average molecular weight is 298 g/mol. The van der Waals surface area contributed by atoms with Crippen molar-refractivity contribution in [1.29, 1.82) is 0 Å². The largest absolute Gasteiger partial charge is 0.466 e. The van der Waals surface area contributed by atoms with Crippen LogP contribution in [0.4, 0.5) is 0 Å². The van der Waals surface area contributed by atoms with Crippen molar-refractivity contribution in [2.24, 2.45) is 5.92 Å². The zero-order valence-electron chi connectivity index (χ0n) is 14.7. The van der Waals surface area contributed by atoms with E-state index in [2.05, 4.69) is 26.5 Å². The molecule has 0 aliphatic rings. The van der Waals surface area contributed by atoms with Crippen LogP contribution in [0.15, 0.2) is 24.3 Å². The summed E-state index contributed by atoms with van der Waals surface area (Å²) in [5, 5.41) is 9.56. The van der Waals surface area contributed by atoms with Gasteiger partial charge in [-0.25, -0.2) is 0 Å². The van der Waals surface area contributed by atoms with Gasteiger partial charge in [0, 0.05) is 0 Å². The molecule has 2 unspecified atom stereocenters. The van der Waals surface area contributed by atoms with Crippen LogP contribution >= 0.6 is 0 Å². The zero-order valence-corrected chi connectivity index (χ0v) is 14.7. The lowest BCUT2D eigenvalue weighted by Crippen LogP contribution is -2.19. The number of aliphatic hydroxyl groups is 1. The van der Waals surface area contributed by atoms with Gasteiger partial charge in [0.2, 0.25) is 0 Å². The van der Waals surface area contributed by atoms with Crippen molar-refractivity contribution >= 4 is 5.97 Å². The maximum absolute atomic E-state index is 10.8. The van der Waals surface area contributed by atoms with E-state index in [0.717, 1.165) is 25.7 Å². The molecule has 0 spiro atoms.